The molecule has 1 aliphatic rings. The predicted octanol–water partition coefficient (Wildman–Crippen LogP) is 2.66. The van der Waals surface area contributed by atoms with E-state index in [0.717, 1.165) is 12.8 Å². The molecule has 0 aromatic carbocycles. The summed E-state index contributed by atoms with van der Waals surface area (Å²) in [5, 5.41) is 11.4. The third-order valence-electron chi connectivity index (χ3n) is 2.84. The summed E-state index contributed by atoms with van der Waals surface area (Å²) in [6.45, 7) is 10.7. The highest BCUT2D eigenvalue weighted by Crippen LogP contribution is 2.39. The second kappa shape index (κ2) is 2.71. The van der Waals surface area contributed by atoms with Crippen LogP contribution in [0.25, 0.3) is 0 Å². The molecule has 0 aliphatic carbocycles. The lowest BCUT2D eigenvalue weighted by molar-refractivity contribution is -0.249. The van der Waals surface area contributed by atoms with Crippen LogP contribution in [0.3, 0.4) is 0 Å². The average molecular weight is 171 g/mol. The van der Waals surface area contributed by atoms with Gasteiger partial charge in [0.2, 0.25) is 0 Å². The molecular weight excluding hydrogens is 150 g/mol. The minimum Gasteiger partial charge on any atom is -0.313 e. The number of nitrogens with zero attached hydrogens (tertiary/aromatic N) is 1. The van der Waals surface area contributed by atoms with Crippen LogP contribution in [0, 0.1) is 5.92 Å². The molecule has 0 aromatic heterocycles. The summed E-state index contributed by atoms with van der Waals surface area (Å²) in [5.74, 6) is 0.707. The molecule has 0 unspecified atom stereocenters. The Kier molecular flexibility index (Phi) is 2.26. The molecule has 0 radical (unpaired) electrons. The van der Waals surface area contributed by atoms with E-state index in [1.54, 1.807) is 0 Å². The molecule has 0 spiro atoms. The Bertz CT molecular complexity index is 157. The van der Waals surface area contributed by atoms with Crippen molar-refractivity contribution >= 4 is 0 Å². The Balaban J connectivity index is 2.84. The minimum atomic E-state index is -0.0683. The lowest BCUT2D eigenvalue weighted by atomic mass is 9.76. The maximum Gasteiger partial charge on any atom is 0.0413 e. The zero-order valence-electron chi connectivity index (χ0n) is 8.89. The van der Waals surface area contributed by atoms with Crippen molar-refractivity contribution in [3.8, 4) is 0 Å². The summed E-state index contributed by atoms with van der Waals surface area (Å²) >= 11 is 0. The molecule has 0 atom stereocenters. The number of hydrogen-bond acceptors (Lipinski definition) is 2. The highest BCUT2D eigenvalue weighted by molar-refractivity contribution is 4.94. The quantitative estimate of drug-likeness (QED) is 0.605. The predicted molar refractivity (Wildman–Crippen MR) is 50.2 cm³/mol. The van der Waals surface area contributed by atoms with Gasteiger partial charge in [0.25, 0.3) is 0 Å². The summed E-state index contributed by atoms with van der Waals surface area (Å²) in [6, 6.07) is 0. The largest absolute Gasteiger partial charge is 0.313 e. The van der Waals surface area contributed by atoms with E-state index in [0.29, 0.717) is 5.92 Å². The Hall–Kier alpha value is -0.0800. The smallest absolute Gasteiger partial charge is 0.0413 e. The molecule has 0 amide bonds. The minimum absolute atomic E-state index is 0.0683. The molecule has 1 N–H and O–H groups in total. The van der Waals surface area contributed by atoms with Gasteiger partial charge in [0.1, 0.15) is 0 Å². The molecule has 2 nitrogen and oxygen atoms in total. The van der Waals surface area contributed by atoms with Gasteiger partial charge < -0.3 is 5.21 Å². The van der Waals surface area contributed by atoms with Crippen molar-refractivity contribution in [3.63, 3.8) is 0 Å². The molecule has 1 rings (SSSR count). The fourth-order valence-electron chi connectivity index (χ4n) is 2.77. The molecule has 1 aliphatic heterocycles. The van der Waals surface area contributed by atoms with Crippen molar-refractivity contribution in [2.75, 3.05) is 0 Å². The van der Waals surface area contributed by atoms with Crippen molar-refractivity contribution in [1.29, 1.82) is 0 Å². The zero-order valence-corrected chi connectivity index (χ0v) is 8.89. The van der Waals surface area contributed by atoms with Crippen molar-refractivity contribution < 1.29 is 5.21 Å². The van der Waals surface area contributed by atoms with Crippen LogP contribution >= 0.6 is 0 Å². The summed E-state index contributed by atoms with van der Waals surface area (Å²) in [5.41, 5.74) is -0.137. The van der Waals surface area contributed by atoms with E-state index in [2.05, 4.69) is 34.6 Å². The zero-order chi connectivity index (χ0) is 9.57. The normalized spacial score (nSPS) is 30.5. The van der Waals surface area contributed by atoms with E-state index in [-0.39, 0.29) is 11.1 Å². The van der Waals surface area contributed by atoms with Crippen LogP contribution in [0.5, 0.6) is 0 Å². The summed E-state index contributed by atoms with van der Waals surface area (Å²) in [7, 11) is 0. The fourth-order valence-corrected chi connectivity index (χ4v) is 2.77. The van der Waals surface area contributed by atoms with Gasteiger partial charge in [-0.1, -0.05) is 6.92 Å². The molecule has 0 bridgehead atoms. The lowest BCUT2D eigenvalue weighted by Crippen LogP contribution is -2.58. The number of hydrogen-bond donors (Lipinski definition) is 1. The van der Waals surface area contributed by atoms with Gasteiger partial charge in [-0.3, -0.25) is 0 Å². The van der Waals surface area contributed by atoms with Gasteiger partial charge in [-0.05, 0) is 46.5 Å². The van der Waals surface area contributed by atoms with E-state index in [4.69, 9.17) is 0 Å². The summed E-state index contributed by atoms with van der Waals surface area (Å²) in [4.78, 5) is 0. The first kappa shape index (κ1) is 10.0. The van der Waals surface area contributed by atoms with Crippen LogP contribution in [0.15, 0.2) is 0 Å². The molecule has 12 heavy (non-hydrogen) atoms. The first-order valence-electron chi connectivity index (χ1n) is 4.75. The van der Waals surface area contributed by atoms with Crippen molar-refractivity contribution in [1.82, 2.24) is 5.06 Å². The van der Waals surface area contributed by atoms with Gasteiger partial charge in [-0.15, -0.1) is 0 Å². The van der Waals surface area contributed by atoms with Crippen molar-refractivity contribution in [2.24, 2.45) is 5.92 Å². The molecule has 1 fully saturated rings. The molecule has 0 saturated carbocycles. The molecule has 0 aromatic rings. The Labute approximate surface area is 75.5 Å². The Morgan fingerprint density at radius 3 is 1.75 bits per heavy atom. The van der Waals surface area contributed by atoms with E-state index in [1.807, 2.05) is 0 Å². The number of rotatable bonds is 0. The molecule has 2 heteroatoms. The van der Waals surface area contributed by atoms with Crippen molar-refractivity contribution in [3.05, 3.63) is 0 Å². The maximum absolute atomic E-state index is 9.92. The van der Waals surface area contributed by atoms with Gasteiger partial charge in [-0.2, -0.15) is 5.06 Å². The number of hydroxylamine groups is 2. The highest BCUT2D eigenvalue weighted by atomic mass is 16.5. The summed E-state index contributed by atoms with van der Waals surface area (Å²) in [6.07, 6.45) is 2.15. The SMILES string of the molecule is CC1CC(C)(C)N(O)C(C)(C)C1. The third kappa shape index (κ3) is 1.64. The third-order valence-corrected chi connectivity index (χ3v) is 2.84. The maximum atomic E-state index is 9.92. The van der Waals surface area contributed by atoms with Crippen LogP contribution in [-0.2, 0) is 0 Å². The van der Waals surface area contributed by atoms with Crippen LogP contribution < -0.4 is 0 Å². The van der Waals surface area contributed by atoms with E-state index >= 15 is 0 Å². The lowest BCUT2D eigenvalue weighted by Gasteiger charge is -2.50. The Morgan fingerprint density at radius 1 is 1.08 bits per heavy atom. The first-order chi connectivity index (χ1) is 5.26. The van der Waals surface area contributed by atoms with E-state index in [1.165, 1.54) is 5.06 Å². The Morgan fingerprint density at radius 2 is 1.42 bits per heavy atom. The van der Waals surface area contributed by atoms with Gasteiger partial charge in [-0.25, -0.2) is 0 Å². The molecule has 72 valence electrons. The van der Waals surface area contributed by atoms with E-state index in [9.17, 15) is 5.21 Å². The monoisotopic (exact) mass is 171 g/mol. The molecule has 1 heterocycles. The highest BCUT2D eigenvalue weighted by Gasteiger charge is 2.43. The van der Waals surface area contributed by atoms with Gasteiger partial charge in [0.05, 0.1) is 0 Å². The second-order valence-corrected chi connectivity index (χ2v) is 5.45. The molecule has 1 saturated heterocycles. The van der Waals surface area contributed by atoms with Gasteiger partial charge in [0, 0.05) is 11.1 Å². The average Bonchev–Trinajstić information content (AvgIpc) is 1.80. The second-order valence-electron chi connectivity index (χ2n) is 5.45. The van der Waals surface area contributed by atoms with E-state index < -0.39 is 0 Å². The van der Waals surface area contributed by atoms with Gasteiger partial charge in [0.15, 0.2) is 0 Å². The fraction of sp³-hybridized carbons (Fsp3) is 1.00. The topological polar surface area (TPSA) is 23.5 Å². The van der Waals surface area contributed by atoms with Crippen LogP contribution in [-0.4, -0.2) is 21.3 Å². The van der Waals surface area contributed by atoms with Crippen LogP contribution in [0.4, 0.5) is 0 Å². The van der Waals surface area contributed by atoms with Crippen LogP contribution in [0.1, 0.15) is 47.5 Å². The standard InChI is InChI=1S/C10H21NO/c1-8-6-9(2,3)11(12)10(4,5)7-8/h8,12H,6-7H2,1-5H3. The summed E-state index contributed by atoms with van der Waals surface area (Å²) < 4.78 is 0. The van der Waals surface area contributed by atoms with Crippen LogP contribution in [0.2, 0.25) is 0 Å². The first-order valence-corrected chi connectivity index (χ1v) is 4.75. The number of piperidine rings is 1. The van der Waals surface area contributed by atoms with Gasteiger partial charge >= 0.3 is 0 Å². The van der Waals surface area contributed by atoms with Crippen molar-refractivity contribution in [2.45, 2.75) is 58.5 Å². The molecular formula is C10H21NO.